The van der Waals surface area contributed by atoms with Crippen LogP contribution in [0.3, 0.4) is 0 Å². The van der Waals surface area contributed by atoms with Crippen LogP contribution in [-0.4, -0.2) is 32.3 Å². The van der Waals surface area contributed by atoms with E-state index in [-0.39, 0.29) is 18.9 Å². The largest absolute Gasteiger partial charge is 0.471 e. The normalized spacial score (nSPS) is 12.3. The predicted molar refractivity (Wildman–Crippen MR) is 63.9 cm³/mol. The average molecular weight is 370 g/mol. The Kier molecular flexibility index (Phi) is 5.83. The van der Waals surface area contributed by atoms with Gasteiger partial charge < -0.3 is 9.26 Å². The predicted octanol–water partition coefficient (Wildman–Crippen LogP) is 2.50. The zero-order valence-corrected chi connectivity index (χ0v) is 12.2. The molecule has 0 saturated carbocycles. The number of esters is 1. The first kappa shape index (κ1) is 18.0. The summed E-state index contributed by atoms with van der Waals surface area (Å²) < 4.78 is 42.7. The van der Waals surface area contributed by atoms with Gasteiger partial charge in [0.05, 0.1) is 6.61 Å². The van der Waals surface area contributed by atoms with Crippen molar-refractivity contribution in [2.45, 2.75) is 22.8 Å². The molecule has 0 aromatic carbocycles. The molecule has 0 spiro atoms. The smallest absolute Gasteiger partial charge is 0.465 e. The Balaban J connectivity index is 2.39. The van der Waals surface area contributed by atoms with Crippen LogP contribution in [0.5, 0.6) is 0 Å². The first-order valence-corrected chi connectivity index (χ1v) is 6.29. The Morgan fingerprint density at radius 3 is 2.33 bits per heavy atom. The first-order chi connectivity index (χ1) is 9.50. The van der Waals surface area contributed by atoms with Gasteiger partial charge in [-0.05, 0) is 0 Å². The average Bonchev–Trinajstić information content (AvgIpc) is 2.76. The van der Waals surface area contributed by atoms with Crippen molar-refractivity contribution in [2.24, 2.45) is 0 Å². The van der Waals surface area contributed by atoms with Crippen molar-refractivity contribution in [3.8, 4) is 0 Å². The molecule has 0 radical (unpaired) electrons. The maximum absolute atomic E-state index is 12.2. The van der Waals surface area contributed by atoms with Gasteiger partial charge >= 0.3 is 18.0 Å². The molecular formula is C9H6Cl3F3N2O4. The van der Waals surface area contributed by atoms with Crippen LogP contribution in [0.1, 0.15) is 18.1 Å². The maximum Gasteiger partial charge on any atom is 0.471 e. The number of Topliss-reactive ketones (excluding diaryl/α,β-unsaturated/α-hetero) is 1. The topological polar surface area (TPSA) is 82.3 Å². The Morgan fingerprint density at radius 1 is 1.24 bits per heavy atom. The molecule has 6 nitrogen and oxygen atoms in total. The van der Waals surface area contributed by atoms with Gasteiger partial charge in [-0.25, -0.2) is 0 Å². The highest BCUT2D eigenvalue weighted by atomic mass is 35.6. The zero-order valence-electron chi connectivity index (χ0n) is 9.92. The number of ether oxygens (including phenoxy) is 1. The number of alkyl halides is 6. The number of nitrogens with zero attached hydrogens (tertiary/aromatic N) is 2. The molecule has 1 aromatic heterocycles. The molecule has 1 rings (SSSR count). The van der Waals surface area contributed by atoms with Gasteiger partial charge in [0, 0.05) is 6.42 Å². The minimum atomic E-state index is -4.75. The molecule has 0 aliphatic rings. The highest BCUT2D eigenvalue weighted by molar-refractivity contribution is 6.76. The van der Waals surface area contributed by atoms with Crippen LogP contribution in [0.2, 0.25) is 0 Å². The maximum atomic E-state index is 12.2. The lowest BCUT2D eigenvalue weighted by molar-refractivity contribution is -0.159. The molecule has 0 unspecified atom stereocenters. The Hall–Kier alpha value is -1.06. The van der Waals surface area contributed by atoms with Gasteiger partial charge in [0.1, 0.15) is 6.42 Å². The van der Waals surface area contributed by atoms with Crippen molar-refractivity contribution in [1.29, 1.82) is 0 Å². The second-order valence-electron chi connectivity index (χ2n) is 3.58. The summed E-state index contributed by atoms with van der Waals surface area (Å²) >= 11 is 15.7. The number of rotatable bonds is 5. The fourth-order valence-electron chi connectivity index (χ4n) is 1.01. The van der Waals surface area contributed by atoms with Gasteiger partial charge in [0.15, 0.2) is 11.6 Å². The van der Waals surface area contributed by atoms with Gasteiger partial charge in [-0.15, -0.1) is 0 Å². The molecule has 0 aliphatic carbocycles. The molecule has 1 heterocycles. The monoisotopic (exact) mass is 368 g/mol. The standard InChI is InChI=1S/C9H6Cl3F3N2O4/c10-8(11,12)4(18)3-6(19)20-2-1-5-16-7(21-17-5)9(13,14)15/h1-3H2. The number of aromatic nitrogens is 2. The summed E-state index contributed by atoms with van der Waals surface area (Å²) in [7, 11) is 0. The second-order valence-corrected chi connectivity index (χ2v) is 5.86. The molecule has 118 valence electrons. The van der Waals surface area contributed by atoms with E-state index in [0.717, 1.165) is 0 Å². The number of halogens is 6. The molecule has 0 fully saturated rings. The van der Waals surface area contributed by atoms with Crippen molar-refractivity contribution in [3.63, 3.8) is 0 Å². The zero-order chi connectivity index (χ0) is 16.3. The van der Waals surface area contributed by atoms with E-state index in [1.807, 2.05) is 0 Å². The van der Waals surface area contributed by atoms with E-state index >= 15 is 0 Å². The minimum absolute atomic E-state index is 0.229. The van der Waals surface area contributed by atoms with Crippen molar-refractivity contribution >= 4 is 46.6 Å². The van der Waals surface area contributed by atoms with Crippen molar-refractivity contribution in [3.05, 3.63) is 11.7 Å². The summed E-state index contributed by atoms with van der Waals surface area (Å²) in [6.45, 7) is -0.358. The third kappa shape index (κ3) is 6.06. The number of hydrogen-bond donors (Lipinski definition) is 0. The SMILES string of the molecule is O=C(CC(=O)C(Cl)(Cl)Cl)OCCc1noc(C(F)(F)F)n1. The van der Waals surface area contributed by atoms with E-state index in [0.29, 0.717) is 0 Å². The van der Waals surface area contributed by atoms with Crippen molar-refractivity contribution < 1.29 is 32.0 Å². The first-order valence-electron chi connectivity index (χ1n) is 5.15. The summed E-state index contributed by atoms with van der Waals surface area (Å²) in [6, 6.07) is 0. The summed E-state index contributed by atoms with van der Waals surface area (Å²) in [6.07, 6.45) is -5.76. The summed E-state index contributed by atoms with van der Waals surface area (Å²) in [5, 5.41) is 3.05. The molecule has 0 amide bonds. The van der Waals surface area contributed by atoms with Gasteiger partial charge in [0.25, 0.3) is 0 Å². The van der Waals surface area contributed by atoms with Crippen molar-refractivity contribution in [1.82, 2.24) is 10.1 Å². The Morgan fingerprint density at radius 2 is 1.86 bits per heavy atom. The molecule has 21 heavy (non-hydrogen) atoms. The Labute approximate surface area is 130 Å². The number of carbonyl (C=O) groups is 2. The van der Waals surface area contributed by atoms with E-state index in [4.69, 9.17) is 34.8 Å². The lowest BCUT2D eigenvalue weighted by Crippen LogP contribution is -2.23. The Bertz CT molecular complexity index is 527. The molecule has 0 aliphatic heterocycles. The van der Waals surface area contributed by atoms with Crippen LogP contribution >= 0.6 is 34.8 Å². The number of ketones is 1. The van der Waals surface area contributed by atoms with E-state index in [1.165, 1.54) is 0 Å². The van der Waals surface area contributed by atoms with Gasteiger partial charge in [-0.1, -0.05) is 40.0 Å². The third-order valence-electron chi connectivity index (χ3n) is 1.92. The van der Waals surface area contributed by atoms with E-state index in [9.17, 15) is 22.8 Å². The highest BCUT2D eigenvalue weighted by Crippen LogP contribution is 2.28. The van der Waals surface area contributed by atoms with Crippen LogP contribution in [0.25, 0.3) is 0 Å². The minimum Gasteiger partial charge on any atom is -0.465 e. The van der Waals surface area contributed by atoms with Crippen LogP contribution in [0.4, 0.5) is 13.2 Å². The third-order valence-corrected chi connectivity index (χ3v) is 2.55. The van der Waals surface area contributed by atoms with E-state index in [1.54, 1.807) is 0 Å². The quantitative estimate of drug-likeness (QED) is 0.450. The molecule has 0 N–H and O–H groups in total. The number of carbonyl (C=O) groups excluding carboxylic acids is 2. The fraction of sp³-hybridized carbons (Fsp3) is 0.556. The van der Waals surface area contributed by atoms with Crippen LogP contribution < -0.4 is 0 Å². The van der Waals surface area contributed by atoms with Crippen LogP contribution in [-0.2, 0) is 26.9 Å². The van der Waals surface area contributed by atoms with E-state index in [2.05, 4.69) is 19.4 Å². The van der Waals surface area contributed by atoms with Crippen LogP contribution in [0.15, 0.2) is 4.52 Å². The lowest BCUT2D eigenvalue weighted by atomic mass is 10.3. The van der Waals surface area contributed by atoms with Gasteiger partial charge in [-0.3, -0.25) is 9.59 Å². The van der Waals surface area contributed by atoms with Gasteiger partial charge in [0.2, 0.25) is 3.79 Å². The molecule has 0 saturated heterocycles. The summed E-state index contributed by atoms with van der Waals surface area (Å²) in [4.78, 5) is 25.4. The van der Waals surface area contributed by atoms with Gasteiger partial charge in [-0.2, -0.15) is 18.2 Å². The van der Waals surface area contributed by atoms with Crippen molar-refractivity contribution in [2.75, 3.05) is 6.61 Å². The van der Waals surface area contributed by atoms with Crippen LogP contribution in [0, 0.1) is 0 Å². The highest BCUT2D eigenvalue weighted by Gasteiger charge is 2.38. The summed E-state index contributed by atoms with van der Waals surface area (Å²) in [5.74, 6) is -3.79. The molecule has 12 heteroatoms. The fourth-order valence-corrected chi connectivity index (χ4v) is 1.21. The summed E-state index contributed by atoms with van der Waals surface area (Å²) in [5.41, 5.74) is 0. The molecule has 0 atom stereocenters. The second kappa shape index (κ2) is 6.80. The number of hydrogen-bond acceptors (Lipinski definition) is 6. The molecular weight excluding hydrogens is 363 g/mol. The molecule has 0 bridgehead atoms. The van der Waals surface area contributed by atoms with E-state index < -0.39 is 34.0 Å². The lowest BCUT2D eigenvalue weighted by Gasteiger charge is -2.08. The molecule has 1 aromatic rings.